The molecule has 0 spiro atoms. The molecule has 6 nitrogen and oxygen atoms in total. The molecular weight excluding hydrogens is 296 g/mol. The SMILES string of the molecule is CC(CC(N)=S)NS(=O)(=O)C1CCS(=O)(=O)CC1. The Bertz CT molecular complexity index is 498. The van der Waals surface area contributed by atoms with E-state index in [1.807, 2.05) is 0 Å². The van der Waals surface area contributed by atoms with Crippen LogP contribution >= 0.6 is 12.2 Å². The summed E-state index contributed by atoms with van der Waals surface area (Å²) in [5.41, 5.74) is 5.34. The van der Waals surface area contributed by atoms with Crippen molar-refractivity contribution in [3.8, 4) is 0 Å². The summed E-state index contributed by atoms with van der Waals surface area (Å²) in [5.74, 6) is -0.134. The molecule has 0 saturated carbocycles. The van der Waals surface area contributed by atoms with Crippen molar-refractivity contribution in [3.05, 3.63) is 0 Å². The zero-order chi connectivity index (χ0) is 14.0. The van der Waals surface area contributed by atoms with Gasteiger partial charge >= 0.3 is 0 Å². The van der Waals surface area contributed by atoms with Crippen LogP contribution in [-0.2, 0) is 19.9 Å². The van der Waals surface area contributed by atoms with Crippen LogP contribution in [0.15, 0.2) is 0 Å². The molecule has 0 aliphatic carbocycles. The van der Waals surface area contributed by atoms with Gasteiger partial charge in [0.1, 0.15) is 9.84 Å². The summed E-state index contributed by atoms with van der Waals surface area (Å²) < 4.78 is 49.0. The second-order valence-electron chi connectivity index (χ2n) is 4.59. The first kappa shape index (κ1) is 15.8. The van der Waals surface area contributed by atoms with Gasteiger partial charge in [-0.2, -0.15) is 0 Å². The normalized spacial score (nSPS) is 22.5. The Hall–Kier alpha value is -0.250. The highest BCUT2D eigenvalue weighted by Gasteiger charge is 2.33. The zero-order valence-corrected chi connectivity index (χ0v) is 12.6. The van der Waals surface area contributed by atoms with E-state index in [1.165, 1.54) is 0 Å². The maximum atomic E-state index is 12.0. The molecule has 0 radical (unpaired) electrons. The van der Waals surface area contributed by atoms with E-state index in [-0.39, 0.29) is 35.4 Å². The third-order valence-corrected chi connectivity index (χ3v) is 6.78. The largest absolute Gasteiger partial charge is 0.393 e. The highest BCUT2D eigenvalue weighted by Crippen LogP contribution is 2.19. The summed E-state index contributed by atoms with van der Waals surface area (Å²) in [7, 11) is -6.56. The lowest BCUT2D eigenvalue weighted by Crippen LogP contribution is -2.44. The fourth-order valence-electron chi connectivity index (χ4n) is 1.90. The molecule has 0 aromatic heterocycles. The van der Waals surface area contributed by atoms with Crippen LogP contribution < -0.4 is 10.5 Å². The molecule has 0 amide bonds. The quantitative estimate of drug-likeness (QED) is 0.666. The van der Waals surface area contributed by atoms with Crippen molar-refractivity contribution >= 4 is 37.1 Å². The maximum Gasteiger partial charge on any atom is 0.214 e. The standard InChI is InChI=1S/C9H18N2O4S3/c1-7(6-9(10)16)11-18(14,15)8-2-4-17(12,13)5-3-8/h7-8,11H,2-6H2,1H3,(H2,10,16). The van der Waals surface area contributed by atoms with Crippen molar-refractivity contribution in [3.63, 3.8) is 0 Å². The topological polar surface area (TPSA) is 106 Å². The van der Waals surface area contributed by atoms with E-state index in [4.69, 9.17) is 18.0 Å². The molecule has 106 valence electrons. The van der Waals surface area contributed by atoms with Crippen LogP contribution in [0.4, 0.5) is 0 Å². The molecular formula is C9H18N2O4S3. The van der Waals surface area contributed by atoms with Gasteiger partial charge in [-0.05, 0) is 19.8 Å². The van der Waals surface area contributed by atoms with Gasteiger partial charge in [0, 0.05) is 12.5 Å². The third-order valence-electron chi connectivity index (χ3n) is 2.81. The molecule has 3 N–H and O–H groups in total. The van der Waals surface area contributed by atoms with E-state index in [0.717, 1.165) is 0 Å². The molecule has 9 heteroatoms. The van der Waals surface area contributed by atoms with Gasteiger partial charge in [-0.25, -0.2) is 21.6 Å². The lowest BCUT2D eigenvalue weighted by atomic mass is 10.2. The molecule has 1 aliphatic heterocycles. The van der Waals surface area contributed by atoms with Crippen molar-refractivity contribution in [1.82, 2.24) is 4.72 Å². The van der Waals surface area contributed by atoms with Crippen LogP contribution in [0.25, 0.3) is 0 Å². The minimum Gasteiger partial charge on any atom is -0.393 e. The van der Waals surface area contributed by atoms with Crippen molar-refractivity contribution < 1.29 is 16.8 Å². The van der Waals surface area contributed by atoms with Gasteiger partial charge in [-0.15, -0.1) is 0 Å². The lowest BCUT2D eigenvalue weighted by Gasteiger charge is -2.24. The van der Waals surface area contributed by atoms with Gasteiger partial charge in [-0.3, -0.25) is 0 Å². The van der Waals surface area contributed by atoms with Gasteiger partial charge < -0.3 is 5.73 Å². The summed E-state index contributed by atoms with van der Waals surface area (Å²) in [4.78, 5) is 0.247. The summed E-state index contributed by atoms with van der Waals surface area (Å²) >= 11 is 4.71. The minimum atomic E-state index is -3.51. The van der Waals surface area contributed by atoms with Crippen LogP contribution in [0, 0.1) is 0 Å². The molecule has 0 bridgehead atoms. The molecule has 1 saturated heterocycles. The van der Waals surface area contributed by atoms with E-state index in [0.29, 0.717) is 6.42 Å². The Morgan fingerprint density at radius 2 is 1.94 bits per heavy atom. The van der Waals surface area contributed by atoms with Crippen molar-refractivity contribution in [1.29, 1.82) is 0 Å². The zero-order valence-electron chi connectivity index (χ0n) is 10.1. The van der Waals surface area contributed by atoms with Gasteiger partial charge in [0.15, 0.2) is 0 Å². The summed E-state index contributed by atoms with van der Waals surface area (Å²) in [6.45, 7) is 1.68. The molecule has 0 aromatic rings. The average Bonchev–Trinajstić information content (AvgIpc) is 2.13. The number of rotatable bonds is 5. The second kappa shape index (κ2) is 5.81. The number of sulfone groups is 1. The summed E-state index contributed by atoms with van der Waals surface area (Å²) in [6.07, 6.45) is 0.592. The van der Waals surface area contributed by atoms with Crippen LogP contribution in [0.1, 0.15) is 26.2 Å². The minimum absolute atomic E-state index is 0.0672. The van der Waals surface area contributed by atoms with Crippen LogP contribution in [-0.4, -0.2) is 44.6 Å². The highest BCUT2D eigenvalue weighted by molar-refractivity contribution is 7.92. The maximum absolute atomic E-state index is 12.0. The Kier molecular flexibility index (Phi) is 5.10. The van der Waals surface area contributed by atoms with E-state index in [2.05, 4.69) is 4.72 Å². The third kappa shape index (κ3) is 4.79. The van der Waals surface area contributed by atoms with Gasteiger partial charge in [0.05, 0.1) is 21.7 Å². The Balaban J connectivity index is 2.62. The van der Waals surface area contributed by atoms with Gasteiger partial charge in [-0.1, -0.05) is 12.2 Å². The Morgan fingerprint density at radius 1 is 1.44 bits per heavy atom. The van der Waals surface area contributed by atoms with Crippen LogP contribution in [0.5, 0.6) is 0 Å². The molecule has 1 atom stereocenters. The van der Waals surface area contributed by atoms with Crippen molar-refractivity contribution in [2.24, 2.45) is 5.73 Å². The Labute approximate surface area is 113 Å². The number of nitrogens with two attached hydrogens (primary N) is 1. The van der Waals surface area contributed by atoms with Crippen LogP contribution in [0.3, 0.4) is 0 Å². The first-order chi connectivity index (χ1) is 8.12. The smallest absolute Gasteiger partial charge is 0.214 e. The molecule has 1 unspecified atom stereocenters. The number of hydrogen-bond acceptors (Lipinski definition) is 5. The fourth-order valence-corrected chi connectivity index (χ4v) is 5.63. The molecule has 18 heavy (non-hydrogen) atoms. The lowest BCUT2D eigenvalue weighted by molar-refractivity contribution is 0.532. The fraction of sp³-hybridized carbons (Fsp3) is 0.889. The van der Waals surface area contributed by atoms with Crippen molar-refractivity contribution in [2.45, 2.75) is 37.5 Å². The molecule has 1 rings (SSSR count). The van der Waals surface area contributed by atoms with Crippen molar-refractivity contribution in [2.75, 3.05) is 11.5 Å². The monoisotopic (exact) mass is 314 g/mol. The summed E-state index contributed by atoms with van der Waals surface area (Å²) in [6, 6.07) is -0.369. The molecule has 0 aromatic carbocycles. The highest BCUT2D eigenvalue weighted by atomic mass is 32.2. The number of thiocarbonyl (C=S) groups is 1. The molecule has 1 fully saturated rings. The first-order valence-electron chi connectivity index (χ1n) is 5.62. The van der Waals surface area contributed by atoms with Gasteiger partial charge in [0.25, 0.3) is 0 Å². The number of hydrogen-bond donors (Lipinski definition) is 2. The Morgan fingerprint density at radius 3 is 2.39 bits per heavy atom. The number of sulfonamides is 1. The number of nitrogens with one attached hydrogen (secondary N) is 1. The summed E-state index contributed by atoms with van der Waals surface area (Å²) in [5, 5.41) is -0.644. The van der Waals surface area contributed by atoms with E-state index in [1.54, 1.807) is 6.92 Å². The molecule has 1 heterocycles. The first-order valence-corrected chi connectivity index (χ1v) is 9.40. The van der Waals surface area contributed by atoms with Crippen LogP contribution in [0.2, 0.25) is 0 Å². The molecule has 1 aliphatic rings. The van der Waals surface area contributed by atoms with E-state index in [9.17, 15) is 16.8 Å². The predicted molar refractivity (Wildman–Crippen MR) is 74.6 cm³/mol. The predicted octanol–water partition coefficient (Wildman–Crippen LogP) is -0.452. The average molecular weight is 314 g/mol. The van der Waals surface area contributed by atoms with E-state index < -0.39 is 25.1 Å². The van der Waals surface area contributed by atoms with E-state index >= 15 is 0 Å². The van der Waals surface area contributed by atoms with Gasteiger partial charge in [0.2, 0.25) is 10.0 Å². The second-order valence-corrected chi connectivity index (χ2v) is 9.41.